The lowest BCUT2D eigenvalue weighted by Crippen LogP contribution is -2.45. The van der Waals surface area contributed by atoms with Crippen LogP contribution in [0.15, 0.2) is 29.8 Å². The third-order valence-corrected chi connectivity index (χ3v) is 8.21. The van der Waals surface area contributed by atoms with Crippen molar-refractivity contribution in [2.75, 3.05) is 6.54 Å². The Bertz CT molecular complexity index is 1170. The molecule has 4 N–H and O–H groups in total. The maximum atomic E-state index is 13.3. The van der Waals surface area contributed by atoms with E-state index in [9.17, 15) is 19.8 Å². The number of fused-ring (bicyclic) bond motifs is 1. The lowest BCUT2D eigenvalue weighted by molar-refractivity contribution is -0.155. The number of aromatic nitrogens is 2. The van der Waals surface area contributed by atoms with Crippen molar-refractivity contribution >= 4 is 22.8 Å². The largest absolute Gasteiger partial charge is 0.457 e. The second-order valence-electron chi connectivity index (χ2n) is 11.6. The molecule has 0 fully saturated rings. The Morgan fingerprint density at radius 1 is 1.18 bits per heavy atom. The van der Waals surface area contributed by atoms with E-state index in [0.29, 0.717) is 19.5 Å². The van der Waals surface area contributed by atoms with Crippen LogP contribution in [0, 0.1) is 24.2 Å². The number of hydrogen-bond acceptors (Lipinski definition) is 7. The molecule has 3 rings (SSSR count). The van der Waals surface area contributed by atoms with Crippen LogP contribution in [-0.4, -0.2) is 50.3 Å². The number of rotatable bonds is 3. The number of carbonyl (C=O) groups is 2. The number of imidazole rings is 1. The first kappa shape index (κ1) is 30.0. The molecule has 1 aromatic heterocycles. The Morgan fingerprint density at radius 3 is 2.58 bits per heavy atom. The van der Waals surface area contributed by atoms with Gasteiger partial charge in [-0.2, -0.15) is 0 Å². The zero-order chi connectivity index (χ0) is 28.2. The Hall–Kier alpha value is -2.55. The van der Waals surface area contributed by atoms with Crippen molar-refractivity contribution < 1.29 is 24.5 Å². The van der Waals surface area contributed by atoms with Gasteiger partial charge in [0.1, 0.15) is 17.7 Å². The molecular weight excluding hydrogens is 482 g/mol. The first-order valence-corrected chi connectivity index (χ1v) is 13.8. The first-order chi connectivity index (χ1) is 17.9. The summed E-state index contributed by atoms with van der Waals surface area (Å²) < 4.78 is 8.00. The molecule has 38 heavy (non-hydrogen) atoms. The number of cyclic esters (lactones) is 1. The van der Waals surface area contributed by atoms with E-state index in [4.69, 9.17) is 10.5 Å². The SMILES string of the molecule is C/C1=C/C[C@@H](c2ccc3c(c2)nc(C)n3CCN)OC(=O)CC(O)C(C)(C)C(=O)C(C)[C@@H](O)C(C)CCC1. The standard InChI is InChI=1S/C30H45N3O5/c1-18-8-7-9-19(2)28(36)20(3)29(37)30(5,6)26(34)17-27(35)38-25(13-10-18)22-11-12-24-23(16-22)32-21(4)33(24)15-14-31/h10-12,16,19-20,25-26,28,34,36H,7-9,13-15,17,31H2,1-6H3/b18-10-/t19?,20?,25-,26?,28-/m0/s1. The minimum atomic E-state index is -1.24. The molecule has 1 aliphatic rings. The van der Waals surface area contributed by atoms with Crippen molar-refractivity contribution in [2.45, 2.75) is 98.5 Å². The highest BCUT2D eigenvalue weighted by molar-refractivity contribution is 5.88. The fourth-order valence-corrected chi connectivity index (χ4v) is 5.43. The number of nitrogens with zero attached hydrogens (tertiary/aromatic N) is 2. The van der Waals surface area contributed by atoms with Crippen LogP contribution in [0.25, 0.3) is 11.0 Å². The number of esters is 1. The molecule has 1 aliphatic heterocycles. The molecule has 0 bridgehead atoms. The molecule has 0 saturated heterocycles. The number of aliphatic hydroxyl groups excluding tert-OH is 2. The summed E-state index contributed by atoms with van der Waals surface area (Å²) in [6.07, 6.45) is 2.17. The van der Waals surface area contributed by atoms with Crippen LogP contribution < -0.4 is 5.73 Å². The molecule has 3 unspecified atom stereocenters. The zero-order valence-corrected chi connectivity index (χ0v) is 23.7. The lowest BCUT2D eigenvalue weighted by Gasteiger charge is -2.34. The molecule has 2 aromatic rings. The molecule has 8 nitrogen and oxygen atoms in total. The predicted octanol–water partition coefficient (Wildman–Crippen LogP) is 4.39. The van der Waals surface area contributed by atoms with E-state index in [1.807, 2.05) is 32.0 Å². The summed E-state index contributed by atoms with van der Waals surface area (Å²) in [4.78, 5) is 31.0. The number of hydrogen-bond donors (Lipinski definition) is 3. The van der Waals surface area contributed by atoms with Gasteiger partial charge in [0.25, 0.3) is 0 Å². The summed E-state index contributed by atoms with van der Waals surface area (Å²) in [5, 5.41) is 21.8. The van der Waals surface area contributed by atoms with Crippen LogP contribution in [-0.2, 0) is 20.9 Å². The molecule has 210 valence electrons. The van der Waals surface area contributed by atoms with Gasteiger partial charge in [0.05, 0.1) is 35.1 Å². The highest BCUT2D eigenvalue weighted by Gasteiger charge is 2.42. The van der Waals surface area contributed by atoms with Gasteiger partial charge in [0, 0.05) is 25.4 Å². The van der Waals surface area contributed by atoms with Gasteiger partial charge in [-0.3, -0.25) is 9.59 Å². The number of aliphatic hydroxyl groups is 2. The topological polar surface area (TPSA) is 128 Å². The third-order valence-electron chi connectivity index (χ3n) is 8.21. The van der Waals surface area contributed by atoms with Crippen LogP contribution in [0.5, 0.6) is 0 Å². The number of allylic oxidation sites excluding steroid dienone is 1. The van der Waals surface area contributed by atoms with Gasteiger partial charge in [-0.05, 0) is 56.7 Å². The molecule has 1 aromatic carbocycles. The quantitative estimate of drug-likeness (QED) is 0.399. The second-order valence-corrected chi connectivity index (χ2v) is 11.6. The number of ether oxygens (including phenoxy) is 1. The van der Waals surface area contributed by atoms with E-state index in [1.54, 1.807) is 20.8 Å². The summed E-state index contributed by atoms with van der Waals surface area (Å²) in [6.45, 7) is 12.1. The summed E-state index contributed by atoms with van der Waals surface area (Å²) in [7, 11) is 0. The molecule has 2 heterocycles. The van der Waals surface area contributed by atoms with E-state index in [0.717, 1.165) is 41.7 Å². The fraction of sp³-hybridized carbons (Fsp3) is 0.633. The van der Waals surface area contributed by atoms with Crippen molar-refractivity contribution in [3.8, 4) is 0 Å². The Morgan fingerprint density at radius 2 is 1.89 bits per heavy atom. The molecule has 0 spiro atoms. The average molecular weight is 528 g/mol. The Balaban J connectivity index is 1.94. The van der Waals surface area contributed by atoms with Gasteiger partial charge < -0.3 is 25.3 Å². The van der Waals surface area contributed by atoms with Gasteiger partial charge in [-0.25, -0.2) is 4.98 Å². The molecule has 5 atom stereocenters. The van der Waals surface area contributed by atoms with E-state index in [1.165, 1.54) is 5.57 Å². The Kier molecular flexibility index (Phi) is 9.90. The first-order valence-electron chi connectivity index (χ1n) is 13.8. The summed E-state index contributed by atoms with van der Waals surface area (Å²) in [6, 6.07) is 5.88. The van der Waals surface area contributed by atoms with Crippen LogP contribution in [0.2, 0.25) is 0 Å². The number of aryl methyl sites for hydroxylation is 1. The predicted molar refractivity (Wildman–Crippen MR) is 148 cm³/mol. The molecule has 0 radical (unpaired) electrons. The summed E-state index contributed by atoms with van der Waals surface area (Å²) in [5.74, 6) is -0.678. The van der Waals surface area contributed by atoms with E-state index < -0.39 is 35.6 Å². The maximum absolute atomic E-state index is 13.3. The number of ketones is 1. The second kappa shape index (κ2) is 12.5. The van der Waals surface area contributed by atoms with Gasteiger partial charge >= 0.3 is 5.97 Å². The Labute approximate surface area is 226 Å². The third kappa shape index (κ3) is 6.71. The van der Waals surface area contributed by atoms with E-state index in [-0.39, 0.29) is 18.1 Å². The highest BCUT2D eigenvalue weighted by atomic mass is 16.5. The number of Topliss-reactive ketones (excluding diaryl/α,β-unsaturated/α-hetero) is 1. The number of benzene rings is 1. The van der Waals surface area contributed by atoms with Crippen LogP contribution >= 0.6 is 0 Å². The van der Waals surface area contributed by atoms with Crippen LogP contribution in [0.1, 0.15) is 84.2 Å². The molecule has 0 amide bonds. The van der Waals surface area contributed by atoms with Crippen LogP contribution in [0.4, 0.5) is 0 Å². The molecule has 8 heteroatoms. The summed E-state index contributed by atoms with van der Waals surface area (Å²) >= 11 is 0. The van der Waals surface area contributed by atoms with Crippen molar-refractivity contribution in [3.05, 3.63) is 41.2 Å². The highest BCUT2D eigenvalue weighted by Crippen LogP contribution is 2.33. The van der Waals surface area contributed by atoms with E-state index in [2.05, 4.69) is 22.6 Å². The monoisotopic (exact) mass is 527 g/mol. The lowest BCUT2D eigenvalue weighted by atomic mass is 9.73. The number of carbonyl (C=O) groups excluding carboxylic acids is 2. The number of nitrogens with two attached hydrogens (primary N) is 1. The van der Waals surface area contributed by atoms with Gasteiger partial charge in [-0.1, -0.05) is 45.4 Å². The normalized spacial score (nSPS) is 29.6. The van der Waals surface area contributed by atoms with Crippen molar-refractivity contribution in [3.63, 3.8) is 0 Å². The fourth-order valence-electron chi connectivity index (χ4n) is 5.43. The van der Waals surface area contributed by atoms with Gasteiger partial charge in [0.15, 0.2) is 0 Å². The van der Waals surface area contributed by atoms with Gasteiger partial charge in [-0.15, -0.1) is 0 Å². The average Bonchev–Trinajstić information content (AvgIpc) is 3.18. The minimum Gasteiger partial charge on any atom is -0.457 e. The molecule has 0 saturated carbocycles. The zero-order valence-electron chi connectivity index (χ0n) is 23.7. The minimum absolute atomic E-state index is 0.0606. The van der Waals surface area contributed by atoms with Gasteiger partial charge in [0.2, 0.25) is 0 Å². The van der Waals surface area contributed by atoms with Crippen LogP contribution in [0.3, 0.4) is 0 Å². The van der Waals surface area contributed by atoms with E-state index >= 15 is 0 Å². The van der Waals surface area contributed by atoms with Crippen molar-refractivity contribution in [1.29, 1.82) is 0 Å². The smallest absolute Gasteiger partial charge is 0.309 e. The maximum Gasteiger partial charge on any atom is 0.309 e. The van der Waals surface area contributed by atoms with Crippen molar-refractivity contribution in [1.82, 2.24) is 9.55 Å². The summed E-state index contributed by atoms with van der Waals surface area (Å²) in [5.41, 5.74) is 8.34. The molecular formula is C30H45N3O5. The van der Waals surface area contributed by atoms with Crippen molar-refractivity contribution in [2.24, 2.45) is 23.0 Å². The molecule has 0 aliphatic carbocycles.